The van der Waals surface area contributed by atoms with Crippen LogP contribution in [0.15, 0.2) is 0 Å². The molecular weight excluding hydrogens is 463 g/mol. The quantitative estimate of drug-likeness (QED) is 0.205. The van der Waals surface area contributed by atoms with Gasteiger partial charge in [0.05, 0.1) is 0 Å². The third-order valence-electron chi connectivity index (χ3n) is 1.58. The molecule has 0 nitrogen and oxygen atoms in total. The number of rotatable bonds is 11. The maximum atomic E-state index is 6.08. The van der Waals surface area contributed by atoms with Gasteiger partial charge >= 0.3 is 0 Å². The van der Waals surface area contributed by atoms with Crippen molar-refractivity contribution in [2.45, 2.75) is 76.4 Å². The third kappa shape index (κ3) is 12.7. The maximum absolute atomic E-state index is 6.08. The number of hydrogen-bond acceptors (Lipinski definition) is 8. The predicted octanol–water partition coefficient (Wildman–Crippen LogP) is 9.38. The zero-order valence-corrected chi connectivity index (χ0v) is 22.8. The lowest BCUT2D eigenvalue weighted by Crippen LogP contribution is -1.88. The Bertz CT molecular complexity index is 342. The molecule has 0 unspecified atom stereocenters. The Morgan fingerprint density at radius 1 is 0.500 bits per heavy atom. The highest BCUT2D eigenvalue weighted by Gasteiger charge is 2.30. The fraction of sp³-hybridized carbons (Fsp3) is 1.00. The molecule has 0 fully saturated rings. The van der Waals surface area contributed by atoms with Crippen LogP contribution >= 0.6 is 73.6 Å². The highest BCUT2D eigenvalue weighted by atomic mass is 33.8. The van der Waals surface area contributed by atoms with E-state index in [2.05, 4.69) is 55.4 Å². The van der Waals surface area contributed by atoms with E-state index in [-0.39, 0.29) is 0 Å². The molecule has 0 aromatic carbocycles. The molecule has 0 bridgehead atoms. The summed E-state index contributed by atoms with van der Waals surface area (Å²) in [6.07, 6.45) is 0. The molecule has 0 spiro atoms. The Labute approximate surface area is 172 Å². The van der Waals surface area contributed by atoms with Gasteiger partial charge in [0.15, 0.2) is 0 Å². The fourth-order valence-electron chi connectivity index (χ4n) is 1.23. The lowest BCUT2D eigenvalue weighted by molar-refractivity contribution is 1.12. The summed E-state index contributed by atoms with van der Waals surface area (Å²) in [7, 11) is 3.89. The van der Waals surface area contributed by atoms with Crippen LogP contribution in [0.4, 0.5) is 0 Å². The van der Waals surface area contributed by atoms with Crippen molar-refractivity contribution in [3.8, 4) is 0 Å². The Balaban J connectivity index is 5.02. The average Bonchev–Trinajstić information content (AvgIpc) is 2.21. The highest BCUT2D eigenvalue weighted by Crippen LogP contribution is 2.92. The lowest BCUT2D eigenvalue weighted by atomic mass is 10.6. The van der Waals surface area contributed by atoms with E-state index in [1.165, 1.54) is 0 Å². The van der Waals surface area contributed by atoms with Gasteiger partial charge in [-0.25, -0.2) is 0 Å². The van der Waals surface area contributed by atoms with Crippen molar-refractivity contribution in [3.05, 3.63) is 0 Å². The fourth-order valence-corrected chi connectivity index (χ4v) is 54.8. The van der Waals surface area contributed by atoms with Crippen LogP contribution in [0, 0.1) is 0 Å². The molecule has 22 heavy (non-hydrogen) atoms. The number of hydrogen-bond donors (Lipinski definition) is 0. The van der Waals surface area contributed by atoms with E-state index in [1.54, 1.807) is 0 Å². The Morgan fingerprint density at radius 2 is 0.682 bits per heavy atom. The van der Waals surface area contributed by atoms with Crippen LogP contribution < -0.4 is 0 Å². The molecular formula is C12H28P2S8. The molecule has 0 saturated heterocycles. The van der Waals surface area contributed by atoms with Gasteiger partial charge in [-0.05, 0) is 20.8 Å². The second-order valence-electron chi connectivity index (χ2n) is 5.66. The van der Waals surface area contributed by atoms with Crippen molar-refractivity contribution in [1.29, 1.82) is 0 Å². The van der Waals surface area contributed by atoms with E-state index >= 15 is 0 Å². The minimum absolute atomic E-state index is 0.582. The molecule has 134 valence electrons. The van der Waals surface area contributed by atoms with E-state index in [0.29, 0.717) is 21.0 Å². The molecule has 0 saturated carbocycles. The van der Waals surface area contributed by atoms with Gasteiger partial charge in [-0.1, -0.05) is 79.0 Å². The Hall–Kier alpha value is 3.40. The van der Waals surface area contributed by atoms with Crippen molar-refractivity contribution >= 4 is 97.3 Å². The highest BCUT2D eigenvalue weighted by molar-refractivity contribution is 9.47. The van der Waals surface area contributed by atoms with Crippen LogP contribution in [-0.4, -0.2) is 21.0 Å². The third-order valence-corrected chi connectivity index (χ3v) is 39.0. The summed E-state index contributed by atoms with van der Waals surface area (Å²) in [5.74, 6) is 0. The minimum Gasteiger partial charge on any atom is -0.101 e. The summed E-state index contributed by atoms with van der Waals surface area (Å²) in [6.45, 7) is 18.0. The summed E-state index contributed by atoms with van der Waals surface area (Å²) < 4.78 is -3.07. The van der Waals surface area contributed by atoms with Gasteiger partial charge in [0.2, 0.25) is 0 Å². The van der Waals surface area contributed by atoms with Gasteiger partial charge < -0.3 is 0 Å². The first-order chi connectivity index (χ1) is 9.87. The summed E-state index contributed by atoms with van der Waals surface area (Å²) in [4.78, 5) is 0. The van der Waals surface area contributed by atoms with Crippen LogP contribution in [-0.2, 0) is 23.6 Å². The zero-order valence-electron chi connectivity index (χ0n) is 14.5. The normalized spacial score (nSPS) is 13.8. The summed E-state index contributed by atoms with van der Waals surface area (Å²) in [5.41, 5.74) is 0. The molecule has 0 aromatic rings. The van der Waals surface area contributed by atoms with Gasteiger partial charge in [-0.15, -0.1) is 45.5 Å². The van der Waals surface area contributed by atoms with Gasteiger partial charge in [0.1, 0.15) is 7.29 Å². The Kier molecular flexibility index (Phi) is 13.8. The summed E-state index contributed by atoms with van der Waals surface area (Å²) >= 11 is 20.1. The topological polar surface area (TPSA) is 0 Å². The van der Waals surface area contributed by atoms with Gasteiger partial charge in [-0.3, -0.25) is 0 Å². The van der Waals surface area contributed by atoms with Crippen molar-refractivity contribution in [2.75, 3.05) is 0 Å². The first-order valence-corrected chi connectivity index (χ1v) is 22.1. The largest absolute Gasteiger partial charge is 0.120 e. The molecule has 0 aliphatic rings. The minimum atomic E-state index is -1.53. The molecule has 0 aliphatic carbocycles. The maximum Gasteiger partial charge on any atom is 0.120 e. The summed E-state index contributed by atoms with van der Waals surface area (Å²) in [6, 6.07) is 0. The SMILES string of the molecule is CC(C)SP(=S)(SSP(=S)(SC(C)C)SC(C)C)SC(C)C. The Morgan fingerprint density at radius 3 is 0.818 bits per heavy atom. The van der Waals surface area contributed by atoms with E-state index in [1.807, 2.05) is 66.4 Å². The van der Waals surface area contributed by atoms with Crippen LogP contribution in [0.25, 0.3) is 0 Å². The van der Waals surface area contributed by atoms with Gasteiger partial charge in [-0.2, -0.15) is 0 Å². The molecule has 0 aromatic heterocycles. The van der Waals surface area contributed by atoms with E-state index in [9.17, 15) is 0 Å². The molecule has 0 atom stereocenters. The standard InChI is InChI=1S/C12H28P2S8/c1-9(2)17-13(15,18-10(3)4)21-22-14(16,19-11(5)6)20-12(7)8/h9-12H,1-8H3. The second-order valence-corrected chi connectivity index (χ2v) is 39.9. The van der Waals surface area contributed by atoms with Crippen molar-refractivity contribution < 1.29 is 0 Å². The van der Waals surface area contributed by atoms with Gasteiger partial charge in [0, 0.05) is 21.0 Å². The van der Waals surface area contributed by atoms with Crippen molar-refractivity contribution in [2.24, 2.45) is 0 Å². The molecule has 0 amide bonds. The van der Waals surface area contributed by atoms with Crippen molar-refractivity contribution in [3.63, 3.8) is 0 Å². The molecule has 0 radical (unpaired) electrons. The smallest absolute Gasteiger partial charge is 0.101 e. The van der Waals surface area contributed by atoms with E-state index in [4.69, 9.17) is 23.6 Å². The monoisotopic (exact) mass is 490 g/mol. The van der Waals surface area contributed by atoms with Crippen LogP contribution in [0.2, 0.25) is 0 Å². The molecule has 0 rings (SSSR count). The zero-order chi connectivity index (χ0) is 17.6. The first kappa shape index (κ1) is 25.4. The second kappa shape index (κ2) is 12.0. The lowest BCUT2D eigenvalue weighted by Gasteiger charge is -2.28. The predicted molar refractivity (Wildman–Crippen MR) is 135 cm³/mol. The molecule has 10 heteroatoms. The molecule has 0 aliphatic heterocycles. The van der Waals surface area contributed by atoms with Crippen LogP contribution in [0.1, 0.15) is 55.4 Å². The van der Waals surface area contributed by atoms with E-state index < -0.39 is 7.29 Å². The molecule has 0 heterocycles. The van der Waals surface area contributed by atoms with Crippen LogP contribution in [0.3, 0.4) is 0 Å². The summed E-state index contributed by atoms with van der Waals surface area (Å²) in [5, 5.41) is 2.33. The van der Waals surface area contributed by atoms with Gasteiger partial charge in [0.25, 0.3) is 0 Å². The van der Waals surface area contributed by atoms with E-state index in [0.717, 1.165) is 0 Å². The molecule has 0 N–H and O–H groups in total. The van der Waals surface area contributed by atoms with Crippen LogP contribution in [0.5, 0.6) is 0 Å². The first-order valence-electron chi connectivity index (χ1n) is 7.19. The average molecular weight is 491 g/mol. The van der Waals surface area contributed by atoms with Crippen molar-refractivity contribution in [1.82, 2.24) is 0 Å².